The molecular weight excluding hydrogens is 284 g/mol. The molecule has 1 aliphatic carbocycles. The van der Waals surface area contributed by atoms with Gasteiger partial charge >= 0.3 is 0 Å². The van der Waals surface area contributed by atoms with E-state index in [4.69, 9.17) is 9.47 Å². The average Bonchev–Trinajstić information content (AvgIpc) is 2.32. The summed E-state index contributed by atoms with van der Waals surface area (Å²) in [7, 11) is 3.23. The minimum absolute atomic E-state index is 0.0846. The largest absolute Gasteiger partial charge is 0.496 e. The quantitative estimate of drug-likeness (QED) is 0.788. The van der Waals surface area contributed by atoms with Crippen LogP contribution in [0.25, 0.3) is 0 Å². The summed E-state index contributed by atoms with van der Waals surface area (Å²) in [6.45, 7) is 1.96. The first-order valence-electron chi connectivity index (χ1n) is 5.52. The molecule has 0 unspecified atom stereocenters. The van der Waals surface area contributed by atoms with Gasteiger partial charge in [-0.3, -0.25) is 4.79 Å². The van der Waals surface area contributed by atoms with Gasteiger partial charge in [0, 0.05) is 5.56 Å². The minimum atomic E-state index is -0.115. The summed E-state index contributed by atoms with van der Waals surface area (Å²) in [5.74, 6) is 1.54. The van der Waals surface area contributed by atoms with Crippen molar-refractivity contribution in [3.8, 4) is 11.5 Å². The number of halogens is 1. The standard InChI is InChI=1S/C13H15BrO3/c1-7-6-10(16-2)11-8(13(7)17-3)4-5-9(14)12(11)15/h6,9H,4-5H2,1-3H3/t9-/m1/s1. The molecule has 0 fully saturated rings. The molecule has 1 aromatic rings. The van der Waals surface area contributed by atoms with Crippen LogP contribution in [0, 0.1) is 6.92 Å². The van der Waals surface area contributed by atoms with E-state index in [-0.39, 0.29) is 10.6 Å². The van der Waals surface area contributed by atoms with E-state index < -0.39 is 0 Å². The Labute approximate surface area is 109 Å². The van der Waals surface area contributed by atoms with E-state index in [1.807, 2.05) is 13.0 Å². The second-order valence-corrected chi connectivity index (χ2v) is 5.26. The highest BCUT2D eigenvalue weighted by molar-refractivity contribution is 9.10. The van der Waals surface area contributed by atoms with Gasteiger partial charge in [0.2, 0.25) is 0 Å². The number of fused-ring (bicyclic) bond motifs is 1. The van der Waals surface area contributed by atoms with E-state index in [9.17, 15) is 4.79 Å². The molecule has 3 nitrogen and oxygen atoms in total. The van der Waals surface area contributed by atoms with Gasteiger partial charge in [0.1, 0.15) is 11.5 Å². The third kappa shape index (κ3) is 1.95. The van der Waals surface area contributed by atoms with E-state index in [0.717, 1.165) is 29.7 Å². The number of carbonyl (C=O) groups is 1. The maximum Gasteiger partial charge on any atom is 0.180 e. The van der Waals surface area contributed by atoms with Crippen LogP contribution < -0.4 is 9.47 Å². The van der Waals surface area contributed by atoms with Gasteiger partial charge in [-0.1, -0.05) is 15.9 Å². The molecule has 1 aliphatic rings. The lowest BCUT2D eigenvalue weighted by atomic mass is 9.87. The fourth-order valence-electron chi connectivity index (χ4n) is 2.35. The van der Waals surface area contributed by atoms with Crippen LogP contribution in [0.5, 0.6) is 11.5 Å². The van der Waals surface area contributed by atoms with Crippen LogP contribution in [0.3, 0.4) is 0 Å². The molecule has 92 valence electrons. The molecule has 0 heterocycles. The van der Waals surface area contributed by atoms with Gasteiger partial charge < -0.3 is 9.47 Å². The SMILES string of the molecule is COc1cc(C)c(OC)c2c1C(=O)[C@H](Br)CC2. The maximum atomic E-state index is 12.2. The van der Waals surface area contributed by atoms with Gasteiger partial charge in [0.25, 0.3) is 0 Å². The summed E-state index contributed by atoms with van der Waals surface area (Å²) in [6, 6.07) is 1.86. The van der Waals surface area contributed by atoms with Crippen LogP contribution in [-0.4, -0.2) is 24.8 Å². The van der Waals surface area contributed by atoms with Gasteiger partial charge in [-0.05, 0) is 31.4 Å². The monoisotopic (exact) mass is 298 g/mol. The number of carbonyl (C=O) groups excluding carboxylic acids is 1. The second kappa shape index (κ2) is 4.69. The van der Waals surface area contributed by atoms with E-state index in [2.05, 4.69) is 15.9 Å². The predicted octanol–water partition coefficient (Wildman–Crippen LogP) is 2.90. The number of hydrogen-bond acceptors (Lipinski definition) is 3. The molecule has 1 atom stereocenters. The molecule has 0 spiro atoms. The Morgan fingerprint density at radius 1 is 1.35 bits per heavy atom. The minimum Gasteiger partial charge on any atom is -0.496 e. The third-order valence-electron chi connectivity index (χ3n) is 3.13. The summed E-state index contributed by atoms with van der Waals surface area (Å²) in [6.07, 6.45) is 1.63. The maximum absolute atomic E-state index is 12.2. The number of alkyl halides is 1. The molecule has 0 N–H and O–H groups in total. The first kappa shape index (κ1) is 12.4. The summed E-state index contributed by atoms with van der Waals surface area (Å²) >= 11 is 3.41. The Bertz CT molecular complexity index is 468. The molecule has 0 amide bonds. The highest BCUT2D eigenvalue weighted by atomic mass is 79.9. The van der Waals surface area contributed by atoms with Crippen molar-refractivity contribution in [1.82, 2.24) is 0 Å². The van der Waals surface area contributed by atoms with Crippen molar-refractivity contribution >= 4 is 21.7 Å². The average molecular weight is 299 g/mol. The smallest absolute Gasteiger partial charge is 0.180 e. The zero-order chi connectivity index (χ0) is 12.6. The number of methoxy groups -OCH3 is 2. The molecule has 0 aromatic heterocycles. The van der Waals surface area contributed by atoms with Crippen molar-refractivity contribution in [2.45, 2.75) is 24.6 Å². The summed E-state index contributed by atoms with van der Waals surface area (Å²) in [5, 5.41) is 0. The number of benzene rings is 1. The summed E-state index contributed by atoms with van der Waals surface area (Å²) in [4.78, 5) is 12.1. The third-order valence-corrected chi connectivity index (χ3v) is 4.00. The fraction of sp³-hybridized carbons (Fsp3) is 0.462. The molecule has 2 rings (SSSR count). The Morgan fingerprint density at radius 3 is 2.65 bits per heavy atom. The predicted molar refractivity (Wildman–Crippen MR) is 69.6 cm³/mol. The Balaban J connectivity index is 2.69. The Hall–Kier alpha value is -1.03. The molecule has 0 saturated carbocycles. The Morgan fingerprint density at radius 2 is 2.06 bits per heavy atom. The lowest BCUT2D eigenvalue weighted by Crippen LogP contribution is -2.24. The van der Waals surface area contributed by atoms with E-state index in [1.165, 1.54) is 0 Å². The first-order chi connectivity index (χ1) is 8.10. The molecule has 17 heavy (non-hydrogen) atoms. The number of aryl methyl sites for hydroxylation is 1. The first-order valence-corrected chi connectivity index (χ1v) is 6.44. The second-order valence-electron chi connectivity index (χ2n) is 4.15. The number of hydrogen-bond donors (Lipinski definition) is 0. The number of ketones is 1. The van der Waals surface area contributed by atoms with Gasteiger partial charge in [0.15, 0.2) is 5.78 Å². The molecular formula is C13H15BrO3. The lowest BCUT2D eigenvalue weighted by molar-refractivity contribution is 0.0977. The molecule has 0 saturated heterocycles. The number of rotatable bonds is 2. The lowest BCUT2D eigenvalue weighted by Gasteiger charge is -2.24. The Kier molecular flexibility index (Phi) is 3.43. The summed E-state index contributed by atoms with van der Waals surface area (Å²) in [5.41, 5.74) is 2.65. The van der Waals surface area contributed by atoms with Crippen LogP contribution in [0.15, 0.2) is 6.07 Å². The number of ether oxygens (including phenoxy) is 2. The summed E-state index contributed by atoms with van der Waals surface area (Å²) < 4.78 is 10.7. The fourth-order valence-corrected chi connectivity index (χ4v) is 2.81. The van der Waals surface area contributed by atoms with Crippen molar-refractivity contribution in [2.24, 2.45) is 0 Å². The normalized spacial score (nSPS) is 18.8. The van der Waals surface area contributed by atoms with Gasteiger partial charge in [0.05, 0.1) is 24.6 Å². The van der Waals surface area contributed by atoms with Crippen molar-refractivity contribution in [1.29, 1.82) is 0 Å². The molecule has 0 radical (unpaired) electrons. The van der Waals surface area contributed by atoms with Gasteiger partial charge in [-0.2, -0.15) is 0 Å². The molecule has 0 bridgehead atoms. The van der Waals surface area contributed by atoms with Crippen LogP contribution in [0.2, 0.25) is 0 Å². The topological polar surface area (TPSA) is 35.5 Å². The molecule has 4 heteroatoms. The zero-order valence-electron chi connectivity index (χ0n) is 10.2. The van der Waals surface area contributed by atoms with Crippen LogP contribution in [0.4, 0.5) is 0 Å². The van der Waals surface area contributed by atoms with Crippen LogP contribution >= 0.6 is 15.9 Å². The van der Waals surface area contributed by atoms with Crippen molar-refractivity contribution in [3.63, 3.8) is 0 Å². The highest BCUT2D eigenvalue weighted by Crippen LogP contribution is 2.39. The number of Topliss-reactive ketones (excluding diaryl/α,β-unsaturated/α-hetero) is 1. The van der Waals surface area contributed by atoms with Crippen LogP contribution in [-0.2, 0) is 6.42 Å². The van der Waals surface area contributed by atoms with E-state index in [1.54, 1.807) is 14.2 Å². The highest BCUT2D eigenvalue weighted by Gasteiger charge is 2.31. The van der Waals surface area contributed by atoms with E-state index in [0.29, 0.717) is 11.3 Å². The van der Waals surface area contributed by atoms with Crippen molar-refractivity contribution < 1.29 is 14.3 Å². The van der Waals surface area contributed by atoms with Crippen molar-refractivity contribution in [2.75, 3.05) is 14.2 Å². The molecule has 0 aliphatic heterocycles. The van der Waals surface area contributed by atoms with Gasteiger partial charge in [-0.25, -0.2) is 0 Å². The zero-order valence-corrected chi connectivity index (χ0v) is 11.8. The van der Waals surface area contributed by atoms with Crippen molar-refractivity contribution in [3.05, 3.63) is 22.8 Å². The van der Waals surface area contributed by atoms with E-state index >= 15 is 0 Å². The van der Waals surface area contributed by atoms with Gasteiger partial charge in [-0.15, -0.1) is 0 Å². The molecule has 1 aromatic carbocycles. The van der Waals surface area contributed by atoms with Crippen LogP contribution in [0.1, 0.15) is 27.9 Å².